The molecule has 1 heterocycles. The molecule has 100 valence electrons. The number of carbonyl (C=O) groups is 2. The Morgan fingerprint density at radius 1 is 0.778 bits per heavy atom. The minimum absolute atomic E-state index is 0.124. The molecule has 0 amide bonds. The van der Waals surface area contributed by atoms with E-state index < -0.39 is 0 Å². The highest BCUT2D eigenvalue weighted by molar-refractivity contribution is 7.36. The monoisotopic (exact) mass is 284 g/mol. The van der Waals surface area contributed by atoms with Crippen molar-refractivity contribution in [3.8, 4) is 0 Å². The molecule has 1 aromatic rings. The van der Waals surface area contributed by atoms with Crippen molar-refractivity contribution in [3.05, 3.63) is 7.69 Å². The van der Waals surface area contributed by atoms with Crippen LogP contribution in [0.1, 0.15) is 41.5 Å². The maximum Gasteiger partial charge on any atom is 0.163 e. The number of hydrogen-bond acceptors (Lipinski definition) is 4. The van der Waals surface area contributed by atoms with Gasteiger partial charge in [0, 0.05) is 23.0 Å². The zero-order valence-electron chi connectivity index (χ0n) is 11.8. The Morgan fingerprint density at radius 3 is 1.28 bits per heavy atom. The van der Waals surface area contributed by atoms with Crippen LogP contribution in [0.3, 0.4) is 0 Å². The van der Waals surface area contributed by atoms with Gasteiger partial charge in [0.05, 0.1) is 7.69 Å². The van der Waals surface area contributed by atoms with Crippen LogP contribution in [0.5, 0.6) is 0 Å². The quantitative estimate of drug-likeness (QED) is 0.836. The molecule has 0 bridgehead atoms. The van der Waals surface area contributed by atoms with Gasteiger partial charge in [0.1, 0.15) is 0 Å². The summed E-state index contributed by atoms with van der Waals surface area (Å²) in [5.74, 6) is 0.248. The fourth-order valence-electron chi connectivity index (χ4n) is 0.971. The van der Waals surface area contributed by atoms with Gasteiger partial charge in [-0.25, -0.2) is 0 Å². The fourth-order valence-corrected chi connectivity index (χ4v) is 2.87. The average Bonchev–Trinajstić information content (AvgIpc) is 2.10. The summed E-state index contributed by atoms with van der Waals surface area (Å²) in [4.78, 5) is 23.5. The van der Waals surface area contributed by atoms with Crippen molar-refractivity contribution in [2.75, 3.05) is 0 Å². The lowest BCUT2D eigenvalue weighted by molar-refractivity contribution is -0.120. The lowest BCUT2D eigenvalue weighted by atomic mass is 9.91. The molecule has 0 unspecified atom stereocenters. The molecule has 2 nitrogen and oxygen atoms in total. The molecule has 0 saturated heterocycles. The van der Waals surface area contributed by atoms with Crippen LogP contribution in [0.2, 0.25) is 0 Å². The van der Waals surface area contributed by atoms with E-state index in [9.17, 15) is 9.59 Å². The zero-order valence-corrected chi connectivity index (χ0v) is 13.4. The summed E-state index contributed by atoms with van der Waals surface area (Å²) < 4.78 is 1.95. The Bertz CT molecular complexity index is 493. The molecular weight excluding hydrogens is 264 g/mol. The van der Waals surface area contributed by atoms with Crippen LogP contribution in [0.25, 0.3) is 12.2 Å². The Balaban J connectivity index is 2.89. The molecule has 4 heteroatoms. The molecule has 0 aromatic carbocycles. The van der Waals surface area contributed by atoms with Gasteiger partial charge in [-0.15, -0.1) is 22.7 Å². The Kier molecular flexibility index (Phi) is 4.34. The van der Waals surface area contributed by atoms with Crippen LogP contribution in [0, 0.1) is 10.8 Å². The van der Waals surface area contributed by atoms with E-state index in [1.807, 2.05) is 41.5 Å². The lowest BCUT2D eigenvalue weighted by Crippen LogP contribution is -2.23. The molecule has 1 rings (SSSR count). The topological polar surface area (TPSA) is 34.1 Å². The average molecular weight is 284 g/mol. The standard InChI is InChI=1S/C14H20O2S2/c1-13(2,3)9(15)7-11-17-12(18-11)8-10(16)14(4,5)6/h7-8H,1-6H3. The number of rotatable bonds is 2. The SMILES string of the molecule is CC(C)(C)C(=O)C=c1sc(=CC(=O)C(C)(C)C)s1. The minimum atomic E-state index is -0.338. The second kappa shape index (κ2) is 5.10. The van der Waals surface area contributed by atoms with Crippen molar-refractivity contribution >= 4 is 46.4 Å². The molecule has 0 atom stereocenters. The molecule has 1 aromatic heterocycles. The van der Waals surface area contributed by atoms with Crippen LogP contribution >= 0.6 is 22.7 Å². The predicted octanol–water partition coefficient (Wildman–Crippen LogP) is 2.60. The summed E-state index contributed by atoms with van der Waals surface area (Å²) in [6, 6.07) is 0. The summed E-state index contributed by atoms with van der Waals surface area (Å²) >= 11 is 3.01. The smallest absolute Gasteiger partial charge is 0.163 e. The highest BCUT2D eigenvalue weighted by Gasteiger charge is 2.20. The molecule has 0 spiro atoms. The first-order valence-electron chi connectivity index (χ1n) is 5.88. The molecule has 0 aliphatic carbocycles. The van der Waals surface area contributed by atoms with Gasteiger partial charge in [-0.2, -0.15) is 0 Å². The number of hydrogen-bond donors (Lipinski definition) is 0. The first-order chi connectivity index (χ1) is 8.00. The van der Waals surface area contributed by atoms with Gasteiger partial charge in [0.25, 0.3) is 0 Å². The molecule has 0 aliphatic heterocycles. The molecule has 0 N–H and O–H groups in total. The highest BCUT2D eigenvalue weighted by atomic mass is 32.2. The second-order valence-electron chi connectivity index (χ2n) is 6.36. The lowest BCUT2D eigenvalue weighted by Gasteiger charge is -2.13. The summed E-state index contributed by atoms with van der Waals surface area (Å²) in [5.41, 5.74) is -0.677. The van der Waals surface area contributed by atoms with Gasteiger partial charge in [0.2, 0.25) is 0 Å². The van der Waals surface area contributed by atoms with E-state index in [1.165, 1.54) is 22.7 Å². The van der Waals surface area contributed by atoms with Crippen LogP contribution in [0.4, 0.5) is 0 Å². The van der Waals surface area contributed by atoms with Crippen LogP contribution < -0.4 is 7.69 Å². The van der Waals surface area contributed by atoms with Crippen LogP contribution in [-0.2, 0) is 9.59 Å². The maximum absolute atomic E-state index is 11.8. The van der Waals surface area contributed by atoms with Crippen molar-refractivity contribution in [3.63, 3.8) is 0 Å². The van der Waals surface area contributed by atoms with Gasteiger partial charge in [0.15, 0.2) is 11.6 Å². The third-order valence-electron chi connectivity index (χ3n) is 2.38. The zero-order chi connectivity index (χ0) is 14.1. The van der Waals surface area contributed by atoms with Crippen molar-refractivity contribution in [1.82, 2.24) is 0 Å². The van der Waals surface area contributed by atoms with Gasteiger partial charge >= 0.3 is 0 Å². The van der Waals surface area contributed by atoms with Gasteiger partial charge in [-0.3, -0.25) is 9.59 Å². The van der Waals surface area contributed by atoms with Crippen molar-refractivity contribution < 1.29 is 9.59 Å². The summed E-state index contributed by atoms with van der Waals surface area (Å²) in [7, 11) is 0. The van der Waals surface area contributed by atoms with Gasteiger partial charge < -0.3 is 0 Å². The van der Waals surface area contributed by atoms with E-state index in [-0.39, 0.29) is 22.4 Å². The van der Waals surface area contributed by atoms with E-state index in [4.69, 9.17) is 0 Å². The van der Waals surface area contributed by atoms with Crippen LogP contribution in [-0.4, -0.2) is 11.6 Å². The molecule has 18 heavy (non-hydrogen) atoms. The molecular formula is C14H20O2S2. The van der Waals surface area contributed by atoms with E-state index >= 15 is 0 Å². The second-order valence-corrected chi connectivity index (χ2v) is 9.04. The number of Topliss-reactive ketones (excluding diaryl/α,β-unsaturated/α-hetero) is 2. The third kappa shape index (κ3) is 4.18. The number of carbonyl (C=O) groups excluding carboxylic acids is 2. The maximum atomic E-state index is 11.8. The van der Waals surface area contributed by atoms with E-state index in [0.29, 0.717) is 0 Å². The van der Waals surface area contributed by atoms with Crippen molar-refractivity contribution in [2.24, 2.45) is 10.8 Å². The van der Waals surface area contributed by atoms with Crippen LogP contribution in [0.15, 0.2) is 0 Å². The van der Waals surface area contributed by atoms with E-state index in [2.05, 4.69) is 0 Å². The van der Waals surface area contributed by atoms with E-state index in [1.54, 1.807) is 12.2 Å². The van der Waals surface area contributed by atoms with Crippen molar-refractivity contribution in [2.45, 2.75) is 41.5 Å². The Hall–Kier alpha value is -0.740. The third-order valence-corrected chi connectivity index (χ3v) is 4.65. The van der Waals surface area contributed by atoms with Crippen molar-refractivity contribution in [1.29, 1.82) is 0 Å². The summed E-state index contributed by atoms with van der Waals surface area (Å²) in [5, 5.41) is 0. The molecule has 0 saturated carbocycles. The fraction of sp³-hybridized carbons (Fsp3) is 0.571. The highest BCUT2D eigenvalue weighted by Crippen LogP contribution is 2.16. The summed E-state index contributed by atoms with van der Waals surface area (Å²) in [6.45, 7) is 11.4. The Labute approximate surface area is 116 Å². The van der Waals surface area contributed by atoms with Gasteiger partial charge in [-0.1, -0.05) is 41.5 Å². The molecule has 0 radical (unpaired) electrons. The van der Waals surface area contributed by atoms with E-state index in [0.717, 1.165) is 7.69 Å². The minimum Gasteiger partial charge on any atom is -0.294 e. The Morgan fingerprint density at radius 2 is 1.06 bits per heavy atom. The number of ketones is 2. The largest absolute Gasteiger partial charge is 0.294 e. The van der Waals surface area contributed by atoms with Gasteiger partial charge in [-0.05, 0) is 0 Å². The normalized spacial score (nSPS) is 12.3. The predicted molar refractivity (Wildman–Crippen MR) is 79.3 cm³/mol. The first kappa shape index (κ1) is 15.3. The first-order valence-corrected chi connectivity index (χ1v) is 7.51. The molecule has 0 fully saturated rings. The summed E-state index contributed by atoms with van der Waals surface area (Å²) in [6.07, 6.45) is 3.35. The molecule has 0 aliphatic rings.